The van der Waals surface area contributed by atoms with Crippen LogP contribution in [0.1, 0.15) is 38.7 Å². The molecule has 0 aromatic heterocycles. The van der Waals surface area contributed by atoms with E-state index < -0.39 is 16.1 Å². The summed E-state index contributed by atoms with van der Waals surface area (Å²) in [6, 6.07) is 6.23. The van der Waals surface area contributed by atoms with Crippen LogP contribution in [0, 0.1) is 5.92 Å². The summed E-state index contributed by atoms with van der Waals surface area (Å²) in [5.41, 5.74) is 6.42. The van der Waals surface area contributed by atoms with Gasteiger partial charge in [0.15, 0.2) is 0 Å². The maximum atomic E-state index is 12.9. The lowest BCUT2D eigenvalue weighted by Crippen LogP contribution is -2.43. The molecule has 24 heavy (non-hydrogen) atoms. The number of nitrogens with two attached hydrogens (primary N) is 1. The van der Waals surface area contributed by atoms with Gasteiger partial charge in [0.2, 0.25) is 15.9 Å². The number of piperidine rings is 1. The van der Waals surface area contributed by atoms with E-state index in [1.807, 2.05) is 13.8 Å². The first-order valence-corrected chi connectivity index (χ1v) is 9.89. The fourth-order valence-corrected chi connectivity index (χ4v) is 4.49. The van der Waals surface area contributed by atoms with Crippen LogP contribution >= 0.6 is 0 Å². The Balaban J connectivity index is 2.16. The van der Waals surface area contributed by atoms with Crippen LogP contribution in [0.4, 0.5) is 0 Å². The van der Waals surface area contributed by atoms with Gasteiger partial charge >= 0.3 is 0 Å². The van der Waals surface area contributed by atoms with Crippen molar-refractivity contribution in [2.75, 3.05) is 13.1 Å². The Labute approximate surface area is 144 Å². The molecule has 3 N–H and O–H groups in total. The van der Waals surface area contributed by atoms with E-state index in [9.17, 15) is 13.2 Å². The summed E-state index contributed by atoms with van der Waals surface area (Å²) in [5.74, 6) is -0.243. The molecule has 7 heteroatoms. The molecule has 0 unspecified atom stereocenters. The zero-order valence-electron chi connectivity index (χ0n) is 14.4. The van der Waals surface area contributed by atoms with Gasteiger partial charge in [0.25, 0.3) is 0 Å². The first kappa shape index (κ1) is 18.9. The van der Waals surface area contributed by atoms with E-state index in [0.29, 0.717) is 18.7 Å². The molecule has 0 spiro atoms. The monoisotopic (exact) mass is 353 g/mol. The molecule has 1 heterocycles. The average Bonchev–Trinajstić information content (AvgIpc) is 2.59. The van der Waals surface area contributed by atoms with Gasteiger partial charge in [0, 0.05) is 19.6 Å². The Morgan fingerprint density at radius 2 is 1.83 bits per heavy atom. The lowest BCUT2D eigenvalue weighted by molar-refractivity contribution is -0.123. The molecule has 0 bridgehead atoms. The number of carbonyl (C=O) groups excluding carboxylic acids is 1. The lowest BCUT2D eigenvalue weighted by atomic mass is 10.0. The predicted molar refractivity (Wildman–Crippen MR) is 93.7 cm³/mol. The molecule has 2 rings (SSSR count). The highest BCUT2D eigenvalue weighted by Gasteiger charge is 2.28. The van der Waals surface area contributed by atoms with Gasteiger partial charge in [-0.3, -0.25) is 4.79 Å². The summed E-state index contributed by atoms with van der Waals surface area (Å²) in [6.45, 7) is 5.02. The van der Waals surface area contributed by atoms with Crippen molar-refractivity contribution >= 4 is 15.9 Å². The standard InChI is InChI=1S/C17H27N3O3S/c1-13(2)16(18)17(21)19-12-14-8-4-5-9-15(14)24(22,23)20-10-6-3-7-11-20/h4-5,8-9,13,16H,3,6-7,10-12,18H2,1-2H3,(H,19,21)/t16-/m0/s1. The second-order valence-electron chi connectivity index (χ2n) is 6.56. The quantitative estimate of drug-likeness (QED) is 0.810. The van der Waals surface area contributed by atoms with Crippen molar-refractivity contribution in [1.82, 2.24) is 9.62 Å². The number of nitrogens with one attached hydrogen (secondary N) is 1. The van der Waals surface area contributed by atoms with E-state index in [-0.39, 0.29) is 23.3 Å². The summed E-state index contributed by atoms with van der Waals surface area (Å²) in [6.07, 6.45) is 2.85. The number of amides is 1. The normalized spacial score (nSPS) is 17.7. The summed E-state index contributed by atoms with van der Waals surface area (Å²) in [7, 11) is -3.53. The molecule has 1 aliphatic heterocycles. The van der Waals surface area contributed by atoms with E-state index in [1.54, 1.807) is 24.3 Å². The maximum absolute atomic E-state index is 12.9. The second kappa shape index (κ2) is 8.09. The minimum atomic E-state index is -3.53. The summed E-state index contributed by atoms with van der Waals surface area (Å²) in [5, 5.41) is 2.75. The fraction of sp³-hybridized carbons (Fsp3) is 0.588. The number of carbonyl (C=O) groups is 1. The average molecular weight is 353 g/mol. The minimum Gasteiger partial charge on any atom is -0.351 e. The molecule has 6 nitrogen and oxygen atoms in total. The number of sulfonamides is 1. The molecule has 1 aromatic rings. The highest BCUT2D eigenvalue weighted by molar-refractivity contribution is 7.89. The van der Waals surface area contributed by atoms with E-state index in [0.717, 1.165) is 19.3 Å². The van der Waals surface area contributed by atoms with Crippen LogP contribution in [0.25, 0.3) is 0 Å². The summed E-state index contributed by atoms with van der Waals surface area (Å²) >= 11 is 0. The Kier molecular flexibility index (Phi) is 6.37. The van der Waals surface area contributed by atoms with Crippen molar-refractivity contribution in [2.24, 2.45) is 11.7 Å². The van der Waals surface area contributed by atoms with Gasteiger partial charge in [0.1, 0.15) is 0 Å². The SMILES string of the molecule is CC(C)[C@H](N)C(=O)NCc1ccccc1S(=O)(=O)N1CCCCC1. The Hall–Kier alpha value is -1.44. The molecule has 1 atom stereocenters. The highest BCUT2D eigenvalue weighted by Crippen LogP contribution is 2.23. The van der Waals surface area contributed by atoms with Crippen molar-refractivity contribution in [3.63, 3.8) is 0 Å². The molecule has 0 aliphatic carbocycles. The maximum Gasteiger partial charge on any atom is 0.243 e. The number of hydrogen-bond acceptors (Lipinski definition) is 4. The van der Waals surface area contributed by atoms with Gasteiger partial charge in [-0.05, 0) is 30.4 Å². The number of rotatable bonds is 6. The number of hydrogen-bond donors (Lipinski definition) is 2. The van der Waals surface area contributed by atoms with Gasteiger partial charge in [0.05, 0.1) is 10.9 Å². The molecule has 1 aromatic carbocycles. The van der Waals surface area contributed by atoms with Crippen molar-refractivity contribution in [2.45, 2.75) is 50.6 Å². The molecule has 0 radical (unpaired) electrons. The molecular formula is C17H27N3O3S. The van der Waals surface area contributed by atoms with E-state index in [4.69, 9.17) is 5.73 Å². The number of nitrogens with zero attached hydrogens (tertiary/aromatic N) is 1. The predicted octanol–water partition coefficient (Wildman–Crippen LogP) is 1.46. The van der Waals surface area contributed by atoms with E-state index in [1.165, 1.54) is 4.31 Å². The molecule has 1 fully saturated rings. The van der Waals surface area contributed by atoms with Gasteiger partial charge in [-0.1, -0.05) is 38.5 Å². The van der Waals surface area contributed by atoms with E-state index in [2.05, 4.69) is 5.32 Å². The molecular weight excluding hydrogens is 326 g/mol. The highest BCUT2D eigenvalue weighted by atomic mass is 32.2. The van der Waals surface area contributed by atoms with Crippen LogP contribution in [0.5, 0.6) is 0 Å². The molecule has 0 saturated carbocycles. The van der Waals surface area contributed by atoms with Crippen LogP contribution in [-0.4, -0.2) is 37.8 Å². The topological polar surface area (TPSA) is 92.5 Å². The second-order valence-corrected chi connectivity index (χ2v) is 8.47. The smallest absolute Gasteiger partial charge is 0.243 e. The van der Waals surface area contributed by atoms with Crippen molar-refractivity contribution in [3.8, 4) is 0 Å². The molecule has 1 amide bonds. The van der Waals surface area contributed by atoms with Crippen LogP contribution in [0.3, 0.4) is 0 Å². The van der Waals surface area contributed by atoms with Crippen molar-refractivity contribution < 1.29 is 13.2 Å². The van der Waals surface area contributed by atoms with Gasteiger partial charge < -0.3 is 11.1 Å². The zero-order valence-corrected chi connectivity index (χ0v) is 15.2. The molecule has 134 valence electrons. The third-order valence-corrected chi connectivity index (χ3v) is 6.38. The largest absolute Gasteiger partial charge is 0.351 e. The van der Waals surface area contributed by atoms with Crippen LogP contribution < -0.4 is 11.1 Å². The summed E-state index contributed by atoms with van der Waals surface area (Å²) < 4.78 is 27.3. The van der Waals surface area contributed by atoms with Crippen molar-refractivity contribution in [3.05, 3.63) is 29.8 Å². The fourth-order valence-electron chi connectivity index (χ4n) is 2.75. The van der Waals surface area contributed by atoms with Gasteiger partial charge in [-0.15, -0.1) is 0 Å². The third kappa shape index (κ3) is 4.34. The molecule has 1 aliphatic rings. The van der Waals surface area contributed by atoms with Crippen LogP contribution in [-0.2, 0) is 21.4 Å². The van der Waals surface area contributed by atoms with Crippen molar-refractivity contribution in [1.29, 1.82) is 0 Å². The van der Waals surface area contributed by atoms with Crippen LogP contribution in [0.15, 0.2) is 29.2 Å². The number of benzene rings is 1. The van der Waals surface area contributed by atoms with E-state index >= 15 is 0 Å². The summed E-state index contributed by atoms with van der Waals surface area (Å²) in [4.78, 5) is 12.3. The Morgan fingerprint density at radius 3 is 2.46 bits per heavy atom. The Bertz CT molecular complexity index is 667. The third-order valence-electron chi connectivity index (χ3n) is 4.38. The minimum absolute atomic E-state index is 0.0253. The zero-order chi connectivity index (χ0) is 17.7. The lowest BCUT2D eigenvalue weighted by Gasteiger charge is -2.27. The first-order valence-electron chi connectivity index (χ1n) is 8.45. The first-order chi connectivity index (χ1) is 11.3. The Morgan fingerprint density at radius 1 is 1.21 bits per heavy atom. The van der Waals surface area contributed by atoms with Gasteiger partial charge in [-0.25, -0.2) is 8.42 Å². The van der Waals surface area contributed by atoms with Gasteiger partial charge in [-0.2, -0.15) is 4.31 Å². The van der Waals surface area contributed by atoms with Crippen LogP contribution in [0.2, 0.25) is 0 Å². The molecule has 1 saturated heterocycles.